The molecule has 30 heavy (non-hydrogen) atoms. The van der Waals surface area contributed by atoms with Crippen molar-refractivity contribution in [2.75, 3.05) is 32.7 Å². The van der Waals surface area contributed by atoms with E-state index in [4.69, 9.17) is 22.9 Å². The molecular formula is C17H40Cl3N7O3. The Morgan fingerprint density at radius 1 is 0.867 bits per heavy atom. The standard InChI is InChI=1S/C17H37N7O3.3ClH/c18-8-6-10-22-9-4-5-11-23-16(27)13(14(25)15(19)26)7-2-1-3-12-24-17(20)21;;;/h13-14,22,25H,1-12,18H2,(H2,19,26)(H,23,27)(H4,20,21,24);3*1H. The highest BCUT2D eigenvalue weighted by atomic mass is 35.5. The first-order chi connectivity index (χ1) is 12.9. The fourth-order valence-corrected chi connectivity index (χ4v) is 2.56. The molecule has 0 aliphatic heterocycles. The van der Waals surface area contributed by atoms with E-state index in [1.165, 1.54) is 0 Å². The lowest BCUT2D eigenvalue weighted by atomic mass is 9.94. The van der Waals surface area contributed by atoms with Crippen LogP contribution in [0.2, 0.25) is 0 Å². The molecule has 0 aromatic carbocycles. The van der Waals surface area contributed by atoms with Crippen LogP contribution in [0, 0.1) is 5.92 Å². The molecule has 0 heterocycles. The number of guanidine groups is 1. The summed E-state index contributed by atoms with van der Waals surface area (Å²) in [5.41, 5.74) is 21.1. The molecule has 10 nitrogen and oxygen atoms in total. The highest BCUT2D eigenvalue weighted by Crippen LogP contribution is 2.15. The number of nitrogens with two attached hydrogens (primary N) is 4. The van der Waals surface area contributed by atoms with Gasteiger partial charge in [0.15, 0.2) is 5.96 Å². The summed E-state index contributed by atoms with van der Waals surface area (Å²) in [7, 11) is 0. The summed E-state index contributed by atoms with van der Waals surface area (Å²) < 4.78 is 0. The van der Waals surface area contributed by atoms with Crippen molar-refractivity contribution in [3.05, 3.63) is 0 Å². The van der Waals surface area contributed by atoms with Crippen molar-refractivity contribution in [2.45, 2.75) is 51.0 Å². The monoisotopic (exact) mass is 495 g/mol. The summed E-state index contributed by atoms with van der Waals surface area (Å²) >= 11 is 0. The first-order valence-corrected chi connectivity index (χ1v) is 9.61. The van der Waals surface area contributed by atoms with Gasteiger partial charge in [-0.15, -0.1) is 37.2 Å². The fraction of sp³-hybridized carbons (Fsp3) is 0.824. The van der Waals surface area contributed by atoms with Gasteiger partial charge < -0.3 is 38.7 Å². The Balaban J connectivity index is -0.00000113. The van der Waals surface area contributed by atoms with E-state index in [2.05, 4.69) is 15.6 Å². The average Bonchev–Trinajstić information content (AvgIpc) is 2.62. The summed E-state index contributed by atoms with van der Waals surface area (Å²) in [4.78, 5) is 27.5. The van der Waals surface area contributed by atoms with Crippen LogP contribution < -0.4 is 33.6 Å². The molecule has 0 rings (SSSR count). The van der Waals surface area contributed by atoms with Crippen LogP contribution in [0.1, 0.15) is 44.9 Å². The predicted octanol–water partition coefficient (Wildman–Crippen LogP) is -0.617. The number of aliphatic hydroxyl groups excluding tert-OH is 1. The Bertz CT molecular complexity index is 456. The van der Waals surface area contributed by atoms with E-state index in [1.54, 1.807) is 0 Å². The molecule has 2 amide bonds. The van der Waals surface area contributed by atoms with Crippen molar-refractivity contribution in [3.8, 4) is 0 Å². The molecule has 0 saturated heterocycles. The summed E-state index contributed by atoms with van der Waals surface area (Å²) in [5, 5.41) is 16.0. The molecule has 0 saturated carbocycles. The molecular weight excluding hydrogens is 457 g/mol. The van der Waals surface area contributed by atoms with Gasteiger partial charge in [-0.2, -0.15) is 0 Å². The van der Waals surface area contributed by atoms with Gasteiger partial charge in [0, 0.05) is 13.1 Å². The number of amides is 2. The molecule has 11 N–H and O–H groups in total. The summed E-state index contributed by atoms with van der Waals surface area (Å²) in [5.74, 6) is -2.03. The van der Waals surface area contributed by atoms with E-state index < -0.39 is 17.9 Å². The third kappa shape index (κ3) is 20.2. The summed E-state index contributed by atoms with van der Waals surface area (Å²) in [6.07, 6.45) is 3.75. The van der Waals surface area contributed by atoms with Gasteiger partial charge in [-0.3, -0.25) is 14.6 Å². The number of unbranched alkanes of at least 4 members (excludes halogenated alkanes) is 3. The van der Waals surface area contributed by atoms with Crippen LogP contribution >= 0.6 is 37.2 Å². The highest BCUT2D eigenvalue weighted by Gasteiger charge is 2.29. The van der Waals surface area contributed by atoms with Crippen LogP contribution in [0.5, 0.6) is 0 Å². The number of aliphatic imine (C=N–C) groups is 1. The second-order valence-electron chi connectivity index (χ2n) is 6.50. The van der Waals surface area contributed by atoms with Gasteiger partial charge >= 0.3 is 0 Å². The van der Waals surface area contributed by atoms with Gasteiger partial charge in [-0.25, -0.2) is 0 Å². The van der Waals surface area contributed by atoms with E-state index in [0.717, 1.165) is 45.2 Å². The third-order valence-corrected chi connectivity index (χ3v) is 4.11. The Hall–Kier alpha value is -1.04. The van der Waals surface area contributed by atoms with Crippen molar-refractivity contribution < 1.29 is 14.7 Å². The number of halogens is 3. The van der Waals surface area contributed by atoms with Crippen molar-refractivity contribution in [1.82, 2.24) is 10.6 Å². The molecule has 0 radical (unpaired) electrons. The average molecular weight is 497 g/mol. The number of rotatable bonds is 17. The van der Waals surface area contributed by atoms with Gasteiger partial charge in [-0.1, -0.05) is 12.8 Å². The molecule has 0 aromatic heterocycles. The molecule has 0 aliphatic carbocycles. The Morgan fingerprint density at radius 3 is 2.03 bits per heavy atom. The first kappa shape index (κ1) is 36.3. The molecule has 0 aromatic rings. The zero-order valence-electron chi connectivity index (χ0n) is 17.4. The lowest BCUT2D eigenvalue weighted by Gasteiger charge is -2.20. The minimum Gasteiger partial charge on any atom is -0.382 e. The maximum absolute atomic E-state index is 12.3. The van der Waals surface area contributed by atoms with Crippen LogP contribution in [-0.4, -0.2) is 61.7 Å². The normalized spacial score (nSPS) is 11.7. The van der Waals surface area contributed by atoms with Crippen LogP contribution in [0.4, 0.5) is 0 Å². The van der Waals surface area contributed by atoms with E-state index >= 15 is 0 Å². The predicted molar refractivity (Wildman–Crippen MR) is 128 cm³/mol. The number of hydrogen-bond donors (Lipinski definition) is 7. The van der Waals surface area contributed by atoms with Gasteiger partial charge in [0.2, 0.25) is 11.8 Å². The fourth-order valence-electron chi connectivity index (χ4n) is 2.56. The number of carbonyl (C=O) groups is 2. The molecule has 0 bridgehead atoms. The number of primary amides is 1. The summed E-state index contributed by atoms with van der Waals surface area (Å²) in [6, 6.07) is 0. The van der Waals surface area contributed by atoms with Gasteiger partial charge in [0.25, 0.3) is 0 Å². The minimum atomic E-state index is -1.49. The van der Waals surface area contributed by atoms with Gasteiger partial charge in [0.05, 0.1) is 5.92 Å². The van der Waals surface area contributed by atoms with E-state index in [1.807, 2.05) is 0 Å². The van der Waals surface area contributed by atoms with E-state index in [-0.39, 0.29) is 49.1 Å². The lowest BCUT2D eigenvalue weighted by molar-refractivity contribution is -0.138. The van der Waals surface area contributed by atoms with E-state index in [9.17, 15) is 14.7 Å². The first-order valence-electron chi connectivity index (χ1n) is 9.61. The van der Waals surface area contributed by atoms with Crippen molar-refractivity contribution in [1.29, 1.82) is 0 Å². The second-order valence-corrected chi connectivity index (χ2v) is 6.50. The number of aliphatic hydroxyl groups is 1. The van der Waals surface area contributed by atoms with Crippen molar-refractivity contribution in [3.63, 3.8) is 0 Å². The Kier molecular flexibility index (Phi) is 29.4. The number of carbonyl (C=O) groups excluding carboxylic acids is 2. The molecule has 0 fully saturated rings. The minimum absolute atomic E-state index is 0. The second kappa shape index (κ2) is 24.2. The van der Waals surface area contributed by atoms with Crippen LogP contribution in [0.25, 0.3) is 0 Å². The largest absolute Gasteiger partial charge is 0.382 e. The smallest absolute Gasteiger partial charge is 0.247 e. The highest BCUT2D eigenvalue weighted by molar-refractivity contribution is 5.88. The molecule has 2 unspecified atom stereocenters. The molecule has 0 aliphatic rings. The van der Waals surface area contributed by atoms with Crippen molar-refractivity contribution >= 4 is 55.0 Å². The Morgan fingerprint density at radius 2 is 1.47 bits per heavy atom. The number of hydrogen-bond acceptors (Lipinski definition) is 6. The maximum atomic E-state index is 12.3. The molecule has 13 heteroatoms. The van der Waals surface area contributed by atoms with Gasteiger partial charge in [0.1, 0.15) is 6.10 Å². The lowest BCUT2D eigenvalue weighted by Crippen LogP contribution is -2.44. The molecule has 182 valence electrons. The van der Waals surface area contributed by atoms with Crippen molar-refractivity contribution in [2.24, 2.45) is 33.8 Å². The Labute approximate surface area is 198 Å². The molecule has 2 atom stereocenters. The quantitative estimate of drug-likeness (QED) is 0.0791. The van der Waals surface area contributed by atoms with Crippen LogP contribution in [-0.2, 0) is 9.59 Å². The zero-order valence-corrected chi connectivity index (χ0v) is 19.8. The topological polar surface area (TPSA) is 195 Å². The van der Waals surface area contributed by atoms with Gasteiger partial charge in [-0.05, 0) is 51.7 Å². The van der Waals surface area contributed by atoms with E-state index in [0.29, 0.717) is 32.5 Å². The third-order valence-electron chi connectivity index (χ3n) is 4.11. The van der Waals surface area contributed by atoms with Crippen LogP contribution in [0.3, 0.4) is 0 Å². The number of nitrogens with zero attached hydrogens (tertiary/aromatic N) is 1. The van der Waals surface area contributed by atoms with Crippen LogP contribution in [0.15, 0.2) is 4.99 Å². The number of nitrogens with one attached hydrogen (secondary N) is 2. The molecule has 0 spiro atoms. The maximum Gasteiger partial charge on any atom is 0.247 e. The zero-order chi connectivity index (χ0) is 20.5. The summed E-state index contributed by atoms with van der Waals surface area (Å²) in [6.45, 7) is 3.42. The SMILES string of the molecule is Cl.Cl.Cl.NCCCNCCCCNC(=O)C(CCCCCN=C(N)N)C(O)C(N)=O.